The van der Waals surface area contributed by atoms with Gasteiger partial charge in [0.1, 0.15) is 11.4 Å². The number of ether oxygens (including phenoxy) is 1. The summed E-state index contributed by atoms with van der Waals surface area (Å²) in [6.07, 6.45) is -0.790. The molecule has 0 saturated carbocycles. The Hall–Kier alpha value is -2.32. The standard InChI is InChI=1S/C20H19Br2N3O3/c1-12-18(20(27)25(24(12)3)15-7-5-4-6-8-15)23-19(26)13(2)28-17-10-9-14(21)11-16(17)22/h4-11,13H,1-3H3,(H,23,26)/t13-/m0/s1. The fourth-order valence-electron chi connectivity index (χ4n) is 2.75. The predicted octanol–water partition coefficient (Wildman–Crippen LogP) is 4.42. The lowest BCUT2D eigenvalue weighted by atomic mass is 10.3. The molecule has 3 rings (SSSR count). The Balaban J connectivity index is 1.83. The Morgan fingerprint density at radius 3 is 2.46 bits per heavy atom. The van der Waals surface area contributed by atoms with Crippen LogP contribution in [-0.4, -0.2) is 21.4 Å². The van der Waals surface area contributed by atoms with Crippen LogP contribution in [0.25, 0.3) is 5.69 Å². The van der Waals surface area contributed by atoms with Gasteiger partial charge in [0.05, 0.1) is 15.9 Å². The molecule has 2 aromatic carbocycles. The first-order chi connectivity index (χ1) is 13.3. The molecule has 0 aliphatic carbocycles. The number of aromatic nitrogens is 2. The molecule has 1 N–H and O–H groups in total. The van der Waals surface area contributed by atoms with E-state index in [-0.39, 0.29) is 11.2 Å². The molecule has 0 spiro atoms. The predicted molar refractivity (Wildman–Crippen MR) is 116 cm³/mol. The Morgan fingerprint density at radius 1 is 1.14 bits per heavy atom. The van der Waals surface area contributed by atoms with E-state index in [1.165, 1.54) is 4.68 Å². The summed E-state index contributed by atoms with van der Waals surface area (Å²) in [7, 11) is 1.78. The zero-order valence-electron chi connectivity index (χ0n) is 15.6. The maximum absolute atomic E-state index is 12.9. The first kappa shape index (κ1) is 20.4. The molecule has 8 heteroatoms. The normalized spacial score (nSPS) is 11.9. The minimum atomic E-state index is -0.790. The number of benzene rings is 2. The van der Waals surface area contributed by atoms with Crippen LogP contribution in [-0.2, 0) is 11.8 Å². The van der Waals surface area contributed by atoms with E-state index in [9.17, 15) is 9.59 Å². The van der Waals surface area contributed by atoms with Gasteiger partial charge in [-0.2, -0.15) is 0 Å². The highest BCUT2D eigenvalue weighted by Gasteiger charge is 2.22. The van der Waals surface area contributed by atoms with Crippen molar-refractivity contribution in [3.05, 3.63) is 73.5 Å². The number of carbonyl (C=O) groups is 1. The molecule has 6 nitrogen and oxygen atoms in total. The van der Waals surface area contributed by atoms with Gasteiger partial charge in [0, 0.05) is 11.5 Å². The van der Waals surface area contributed by atoms with Gasteiger partial charge in [-0.15, -0.1) is 0 Å². The Morgan fingerprint density at radius 2 is 1.82 bits per heavy atom. The summed E-state index contributed by atoms with van der Waals surface area (Å²) < 4.78 is 10.6. The molecule has 0 radical (unpaired) electrons. The number of amides is 1. The zero-order chi connectivity index (χ0) is 20.4. The average Bonchev–Trinajstić information content (AvgIpc) is 2.88. The van der Waals surface area contributed by atoms with Gasteiger partial charge >= 0.3 is 0 Å². The highest BCUT2D eigenvalue weighted by Crippen LogP contribution is 2.29. The van der Waals surface area contributed by atoms with Crippen molar-refractivity contribution >= 4 is 43.5 Å². The van der Waals surface area contributed by atoms with Crippen molar-refractivity contribution in [2.45, 2.75) is 20.0 Å². The van der Waals surface area contributed by atoms with E-state index in [0.717, 1.165) is 14.6 Å². The third kappa shape index (κ3) is 4.07. The zero-order valence-corrected chi connectivity index (χ0v) is 18.7. The summed E-state index contributed by atoms with van der Waals surface area (Å²) in [6, 6.07) is 14.7. The Labute approximate surface area is 179 Å². The van der Waals surface area contributed by atoms with Crippen molar-refractivity contribution in [2.75, 3.05) is 5.32 Å². The maximum Gasteiger partial charge on any atom is 0.295 e. The molecule has 0 bridgehead atoms. The molecule has 0 saturated heterocycles. The highest BCUT2D eigenvalue weighted by molar-refractivity contribution is 9.11. The number of para-hydroxylation sites is 1. The summed E-state index contributed by atoms with van der Waals surface area (Å²) in [5.41, 5.74) is 1.32. The quantitative estimate of drug-likeness (QED) is 0.555. The SMILES string of the molecule is Cc1c(NC(=O)[C@H](C)Oc2ccc(Br)cc2Br)c(=O)n(-c2ccccc2)n1C. The van der Waals surface area contributed by atoms with E-state index in [1.807, 2.05) is 42.5 Å². The molecule has 1 amide bonds. The van der Waals surface area contributed by atoms with Crippen LogP contribution in [0.3, 0.4) is 0 Å². The van der Waals surface area contributed by atoms with Gasteiger partial charge in [-0.25, -0.2) is 4.68 Å². The van der Waals surface area contributed by atoms with Gasteiger partial charge in [0.15, 0.2) is 6.10 Å². The van der Waals surface area contributed by atoms with E-state index in [0.29, 0.717) is 11.4 Å². The number of hydrogen-bond donors (Lipinski definition) is 1. The van der Waals surface area contributed by atoms with Gasteiger partial charge in [0.25, 0.3) is 11.5 Å². The summed E-state index contributed by atoms with van der Waals surface area (Å²) in [6.45, 7) is 3.42. The van der Waals surface area contributed by atoms with E-state index in [1.54, 1.807) is 31.6 Å². The van der Waals surface area contributed by atoms with Crippen molar-refractivity contribution in [3.63, 3.8) is 0 Å². The largest absolute Gasteiger partial charge is 0.480 e. The van der Waals surface area contributed by atoms with E-state index >= 15 is 0 Å². The van der Waals surface area contributed by atoms with Gasteiger partial charge in [-0.1, -0.05) is 34.1 Å². The lowest BCUT2D eigenvalue weighted by molar-refractivity contribution is -0.122. The molecular formula is C20H19Br2N3O3. The van der Waals surface area contributed by atoms with Gasteiger partial charge in [0.2, 0.25) is 0 Å². The summed E-state index contributed by atoms with van der Waals surface area (Å²) in [5, 5.41) is 2.72. The molecular weight excluding hydrogens is 490 g/mol. The molecule has 1 aromatic heterocycles. The second-order valence-corrected chi connectivity index (χ2v) is 8.03. The highest BCUT2D eigenvalue weighted by atomic mass is 79.9. The van der Waals surface area contributed by atoms with Crippen molar-refractivity contribution in [2.24, 2.45) is 7.05 Å². The molecule has 0 unspecified atom stereocenters. The lowest BCUT2D eigenvalue weighted by Gasteiger charge is -2.15. The molecule has 0 aliphatic heterocycles. The van der Waals surface area contributed by atoms with Crippen LogP contribution in [0.2, 0.25) is 0 Å². The number of halogens is 2. The molecule has 3 aromatic rings. The second-order valence-electron chi connectivity index (χ2n) is 6.26. The van der Waals surface area contributed by atoms with Crippen molar-refractivity contribution < 1.29 is 9.53 Å². The lowest BCUT2D eigenvalue weighted by Crippen LogP contribution is -2.32. The molecule has 0 aliphatic rings. The fourth-order valence-corrected chi connectivity index (χ4v) is 3.89. The van der Waals surface area contributed by atoms with Crippen molar-refractivity contribution in [1.82, 2.24) is 9.36 Å². The smallest absolute Gasteiger partial charge is 0.295 e. The van der Waals surface area contributed by atoms with E-state index in [2.05, 4.69) is 37.2 Å². The molecule has 146 valence electrons. The molecule has 1 atom stereocenters. The minimum absolute atomic E-state index is 0.238. The minimum Gasteiger partial charge on any atom is -0.480 e. The summed E-state index contributed by atoms with van der Waals surface area (Å²) in [4.78, 5) is 25.5. The van der Waals surface area contributed by atoms with Crippen LogP contribution in [0.1, 0.15) is 12.6 Å². The molecule has 28 heavy (non-hydrogen) atoms. The number of rotatable bonds is 5. The van der Waals surface area contributed by atoms with E-state index in [4.69, 9.17) is 4.74 Å². The van der Waals surface area contributed by atoms with Crippen LogP contribution >= 0.6 is 31.9 Å². The average molecular weight is 509 g/mol. The van der Waals surface area contributed by atoms with Crippen LogP contribution in [0, 0.1) is 6.92 Å². The number of hydrogen-bond acceptors (Lipinski definition) is 3. The van der Waals surface area contributed by atoms with Crippen LogP contribution in [0.15, 0.2) is 62.3 Å². The van der Waals surface area contributed by atoms with Crippen LogP contribution in [0.5, 0.6) is 5.75 Å². The van der Waals surface area contributed by atoms with Crippen molar-refractivity contribution in [3.8, 4) is 11.4 Å². The van der Waals surface area contributed by atoms with Crippen LogP contribution in [0.4, 0.5) is 5.69 Å². The third-order valence-electron chi connectivity index (χ3n) is 4.37. The van der Waals surface area contributed by atoms with Gasteiger partial charge < -0.3 is 10.1 Å². The van der Waals surface area contributed by atoms with Crippen molar-refractivity contribution in [1.29, 1.82) is 0 Å². The van der Waals surface area contributed by atoms with Crippen LogP contribution < -0.4 is 15.6 Å². The first-order valence-electron chi connectivity index (χ1n) is 8.56. The third-order valence-corrected chi connectivity index (χ3v) is 5.48. The summed E-state index contributed by atoms with van der Waals surface area (Å²) in [5.74, 6) is 0.137. The summed E-state index contributed by atoms with van der Waals surface area (Å²) >= 11 is 6.79. The monoisotopic (exact) mass is 507 g/mol. The number of nitrogens with one attached hydrogen (secondary N) is 1. The number of nitrogens with zero attached hydrogens (tertiary/aromatic N) is 2. The van der Waals surface area contributed by atoms with E-state index < -0.39 is 12.0 Å². The number of anilines is 1. The molecule has 0 fully saturated rings. The first-order valence-corrected chi connectivity index (χ1v) is 10.1. The van der Waals surface area contributed by atoms with Gasteiger partial charge in [-0.3, -0.25) is 14.3 Å². The fraction of sp³-hybridized carbons (Fsp3) is 0.200. The maximum atomic E-state index is 12.9. The second kappa shape index (κ2) is 8.36. The Bertz CT molecular complexity index is 1070. The molecule has 1 heterocycles. The number of carbonyl (C=O) groups excluding carboxylic acids is 1. The topological polar surface area (TPSA) is 65.3 Å². The van der Waals surface area contributed by atoms with Gasteiger partial charge in [-0.05, 0) is 60.1 Å². The Kier molecular flexibility index (Phi) is 6.10.